The molecular formula is C13H12BrNO4S. The van der Waals surface area contributed by atoms with Crippen molar-refractivity contribution in [1.29, 1.82) is 0 Å². The molecule has 0 aromatic heterocycles. The van der Waals surface area contributed by atoms with Gasteiger partial charge in [0.1, 0.15) is 0 Å². The number of carboxylic acid groups (broad SMARTS) is 1. The van der Waals surface area contributed by atoms with Crippen LogP contribution in [0.5, 0.6) is 0 Å². The standard InChI is InChI=1S/C13H12BrNO4S/c1-2-15-11(16)6-10(12(15)17)20-7-3-4-9(14)8(5-7)13(18)19/h3-5,10H,2,6H2,1H3,(H,18,19). The number of amides is 2. The molecule has 2 rings (SSSR count). The normalized spacial score (nSPS) is 18.7. The summed E-state index contributed by atoms with van der Waals surface area (Å²) >= 11 is 4.39. The Bertz CT molecular complexity index is 590. The lowest BCUT2D eigenvalue weighted by Crippen LogP contribution is -2.30. The summed E-state index contributed by atoms with van der Waals surface area (Å²) in [5.41, 5.74) is 0.138. The number of carbonyl (C=O) groups excluding carboxylic acids is 2. The van der Waals surface area contributed by atoms with Gasteiger partial charge in [-0.05, 0) is 41.1 Å². The van der Waals surface area contributed by atoms with Gasteiger partial charge in [-0.15, -0.1) is 11.8 Å². The van der Waals surface area contributed by atoms with E-state index in [1.54, 1.807) is 19.1 Å². The van der Waals surface area contributed by atoms with Crippen molar-refractivity contribution < 1.29 is 19.5 Å². The van der Waals surface area contributed by atoms with Crippen LogP contribution in [-0.4, -0.2) is 39.6 Å². The first kappa shape index (κ1) is 15.1. The number of thioether (sulfide) groups is 1. The summed E-state index contributed by atoms with van der Waals surface area (Å²) in [5, 5.41) is 8.59. The SMILES string of the molecule is CCN1C(=O)CC(Sc2ccc(Br)c(C(=O)O)c2)C1=O. The van der Waals surface area contributed by atoms with E-state index in [1.807, 2.05) is 0 Å². The lowest BCUT2D eigenvalue weighted by molar-refractivity contribution is -0.137. The van der Waals surface area contributed by atoms with E-state index in [0.717, 1.165) is 0 Å². The van der Waals surface area contributed by atoms with E-state index in [2.05, 4.69) is 15.9 Å². The zero-order valence-electron chi connectivity index (χ0n) is 10.6. The number of hydrogen-bond donors (Lipinski definition) is 1. The summed E-state index contributed by atoms with van der Waals surface area (Å²) in [7, 11) is 0. The van der Waals surface area contributed by atoms with Gasteiger partial charge in [-0.1, -0.05) is 0 Å². The number of carbonyl (C=O) groups is 3. The number of benzene rings is 1. The number of imide groups is 1. The Labute approximate surface area is 128 Å². The van der Waals surface area contributed by atoms with Crippen LogP contribution in [0.15, 0.2) is 27.6 Å². The minimum Gasteiger partial charge on any atom is -0.478 e. The summed E-state index contributed by atoms with van der Waals surface area (Å²) in [4.78, 5) is 36.6. The summed E-state index contributed by atoms with van der Waals surface area (Å²) in [6, 6.07) is 4.86. The van der Waals surface area contributed by atoms with Crippen LogP contribution >= 0.6 is 27.7 Å². The summed E-state index contributed by atoms with van der Waals surface area (Å²) < 4.78 is 0.485. The van der Waals surface area contributed by atoms with Crippen molar-refractivity contribution in [1.82, 2.24) is 4.90 Å². The van der Waals surface area contributed by atoms with Gasteiger partial charge in [0.05, 0.1) is 10.8 Å². The summed E-state index contributed by atoms with van der Waals surface area (Å²) in [6.07, 6.45) is 0.163. The summed E-state index contributed by atoms with van der Waals surface area (Å²) in [6.45, 7) is 2.13. The molecule has 2 amide bonds. The van der Waals surface area contributed by atoms with Crippen LogP contribution in [-0.2, 0) is 9.59 Å². The Morgan fingerprint density at radius 2 is 2.20 bits per heavy atom. The van der Waals surface area contributed by atoms with E-state index in [9.17, 15) is 14.4 Å². The van der Waals surface area contributed by atoms with Gasteiger partial charge >= 0.3 is 5.97 Å². The minimum absolute atomic E-state index is 0.138. The second-order valence-corrected chi connectivity index (χ2v) is 6.36. The van der Waals surface area contributed by atoms with E-state index in [4.69, 9.17) is 5.11 Å². The van der Waals surface area contributed by atoms with Crippen LogP contribution in [0.4, 0.5) is 0 Å². The molecule has 1 heterocycles. The second kappa shape index (κ2) is 5.97. The third-order valence-corrected chi connectivity index (χ3v) is 4.84. The Balaban J connectivity index is 2.19. The van der Waals surface area contributed by atoms with Gasteiger partial charge in [0.25, 0.3) is 0 Å². The average Bonchev–Trinajstić information content (AvgIpc) is 2.66. The maximum absolute atomic E-state index is 12.0. The highest BCUT2D eigenvalue weighted by atomic mass is 79.9. The van der Waals surface area contributed by atoms with Crippen LogP contribution in [0.3, 0.4) is 0 Å². The minimum atomic E-state index is -1.04. The number of halogens is 1. The van der Waals surface area contributed by atoms with Crippen molar-refractivity contribution in [2.24, 2.45) is 0 Å². The van der Waals surface area contributed by atoms with Crippen molar-refractivity contribution in [3.8, 4) is 0 Å². The maximum Gasteiger partial charge on any atom is 0.336 e. The lowest BCUT2D eigenvalue weighted by Gasteiger charge is -2.12. The molecule has 0 saturated carbocycles. The molecule has 0 spiro atoms. The zero-order valence-corrected chi connectivity index (χ0v) is 13.0. The Morgan fingerprint density at radius 3 is 2.75 bits per heavy atom. The molecule has 1 aromatic carbocycles. The molecule has 20 heavy (non-hydrogen) atoms. The van der Waals surface area contributed by atoms with Crippen molar-refractivity contribution in [3.05, 3.63) is 28.2 Å². The van der Waals surface area contributed by atoms with Crippen molar-refractivity contribution >= 4 is 45.5 Å². The largest absolute Gasteiger partial charge is 0.478 e. The van der Waals surface area contributed by atoms with Gasteiger partial charge in [-0.25, -0.2) is 4.79 Å². The number of aromatic carboxylic acids is 1. The lowest BCUT2D eigenvalue weighted by atomic mass is 10.2. The van der Waals surface area contributed by atoms with E-state index in [-0.39, 0.29) is 23.8 Å². The number of carboxylic acids is 1. The van der Waals surface area contributed by atoms with Gasteiger partial charge in [-0.3, -0.25) is 14.5 Å². The molecule has 1 fully saturated rings. The molecule has 0 bridgehead atoms. The van der Waals surface area contributed by atoms with Gasteiger partial charge in [0.2, 0.25) is 11.8 Å². The predicted octanol–water partition coefficient (Wildman–Crippen LogP) is 2.39. The van der Waals surface area contributed by atoms with Crippen molar-refractivity contribution in [2.75, 3.05) is 6.54 Å². The molecule has 1 aliphatic heterocycles. The molecule has 1 saturated heterocycles. The number of likely N-dealkylation sites (tertiary alicyclic amines) is 1. The van der Waals surface area contributed by atoms with Gasteiger partial charge in [0, 0.05) is 22.3 Å². The van der Waals surface area contributed by atoms with Crippen molar-refractivity contribution in [3.63, 3.8) is 0 Å². The Kier molecular flexibility index (Phi) is 4.49. The fourth-order valence-electron chi connectivity index (χ4n) is 1.98. The average molecular weight is 358 g/mol. The number of nitrogens with zero attached hydrogens (tertiary/aromatic N) is 1. The van der Waals surface area contributed by atoms with Crippen LogP contribution in [0.2, 0.25) is 0 Å². The molecule has 5 nitrogen and oxygen atoms in total. The Hall–Kier alpha value is -1.34. The first-order chi connectivity index (χ1) is 9.43. The van der Waals surface area contributed by atoms with E-state index in [1.165, 1.54) is 22.7 Å². The molecule has 1 aromatic rings. The first-order valence-electron chi connectivity index (χ1n) is 5.97. The monoisotopic (exact) mass is 357 g/mol. The maximum atomic E-state index is 12.0. The topological polar surface area (TPSA) is 74.7 Å². The van der Waals surface area contributed by atoms with E-state index < -0.39 is 11.2 Å². The Morgan fingerprint density at radius 1 is 1.50 bits per heavy atom. The highest BCUT2D eigenvalue weighted by Crippen LogP contribution is 2.33. The molecule has 7 heteroatoms. The molecule has 1 N–H and O–H groups in total. The summed E-state index contributed by atoms with van der Waals surface area (Å²) in [5.74, 6) is -1.42. The number of rotatable bonds is 4. The van der Waals surface area contributed by atoms with E-state index in [0.29, 0.717) is 15.9 Å². The van der Waals surface area contributed by atoms with Crippen molar-refractivity contribution in [2.45, 2.75) is 23.5 Å². The van der Waals surface area contributed by atoms with Crippen LogP contribution in [0.1, 0.15) is 23.7 Å². The third-order valence-electron chi connectivity index (χ3n) is 2.97. The highest BCUT2D eigenvalue weighted by molar-refractivity contribution is 9.10. The number of hydrogen-bond acceptors (Lipinski definition) is 4. The second-order valence-electron chi connectivity index (χ2n) is 4.23. The smallest absolute Gasteiger partial charge is 0.336 e. The fraction of sp³-hybridized carbons (Fsp3) is 0.308. The molecule has 106 valence electrons. The predicted molar refractivity (Wildman–Crippen MR) is 77.8 cm³/mol. The van der Waals surface area contributed by atoms with Gasteiger partial charge in [-0.2, -0.15) is 0 Å². The van der Waals surface area contributed by atoms with Gasteiger partial charge in [0.15, 0.2) is 0 Å². The first-order valence-corrected chi connectivity index (χ1v) is 7.65. The van der Waals surface area contributed by atoms with Crippen LogP contribution < -0.4 is 0 Å². The molecule has 1 aliphatic rings. The molecule has 1 unspecified atom stereocenters. The van der Waals surface area contributed by atoms with E-state index >= 15 is 0 Å². The quantitative estimate of drug-likeness (QED) is 0.837. The molecule has 0 radical (unpaired) electrons. The molecule has 1 atom stereocenters. The van der Waals surface area contributed by atoms with Crippen LogP contribution in [0, 0.1) is 0 Å². The fourth-order valence-corrected chi connectivity index (χ4v) is 3.51. The van der Waals surface area contributed by atoms with Gasteiger partial charge < -0.3 is 5.11 Å². The molecule has 0 aliphatic carbocycles. The van der Waals surface area contributed by atoms with Crippen LogP contribution in [0.25, 0.3) is 0 Å². The highest BCUT2D eigenvalue weighted by Gasteiger charge is 2.38. The zero-order chi connectivity index (χ0) is 14.9. The molecular weight excluding hydrogens is 346 g/mol. The third kappa shape index (κ3) is 2.88.